The first kappa shape index (κ1) is 13.8. The predicted molar refractivity (Wildman–Crippen MR) is 78.4 cm³/mol. The third-order valence-corrected chi connectivity index (χ3v) is 3.93. The normalized spacial score (nSPS) is 12.7. The summed E-state index contributed by atoms with van der Waals surface area (Å²) in [5.74, 6) is 0. The van der Waals surface area contributed by atoms with Gasteiger partial charge in [0.1, 0.15) is 6.10 Å². The maximum Gasteiger partial charge on any atom is 0.122 e. The van der Waals surface area contributed by atoms with Crippen LogP contribution in [0.15, 0.2) is 39.4 Å². The summed E-state index contributed by atoms with van der Waals surface area (Å²) >= 11 is 6.89. The lowest BCUT2D eigenvalue weighted by Gasteiger charge is -2.15. The highest BCUT2D eigenvalue weighted by Gasteiger charge is 2.17. The van der Waals surface area contributed by atoms with Crippen molar-refractivity contribution in [3.05, 3.63) is 50.7 Å². The van der Waals surface area contributed by atoms with Crippen LogP contribution >= 0.6 is 31.9 Å². The summed E-state index contributed by atoms with van der Waals surface area (Å²) in [6, 6.07) is 7.62. The van der Waals surface area contributed by atoms with Crippen LogP contribution in [0.2, 0.25) is 0 Å². The van der Waals surface area contributed by atoms with E-state index in [-0.39, 0.29) is 0 Å². The van der Waals surface area contributed by atoms with E-state index in [0.717, 1.165) is 33.2 Å². The van der Waals surface area contributed by atoms with Gasteiger partial charge < -0.3 is 5.11 Å². The molecule has 1 aromatic carbocycles. The van der Waals surface area contributed by atoms with E-state index in [4.69, 9.17) is 0 Å². The Morgan fingerprint density at radius 1 is 1.33 bits per heavy atom. The van der Waals surface area contributed by atoms with Crippen molar-refractivity contribution in [3.63, 3.8) is 0 Å². The smallest absolute Gasteiger partial charge is 0.122 e. The first-order valence-corrected chi connectivity index (χ1v) is 7.36. The molecule has 96 valence electrons. The van der Waals surface area contributed by atoms with Crippen molar-refractivity contribution in [2.24, 2.45) is 0 Å². The summed E-state index contributed by atoms with van der Waals surface area (Å²) in [4.78, 5) is 0. The first-order chi connectivity index (χ1) is 8.63. The fourth-order valence-electron chi connectivity index (χ4n) is 1.86. The number of hydrogen-bond acceptors (Lipinski definition) is 2. The summed E-state index contributed by atoms with van der Waals surface area (Å²) in [6.07, 6.45) is 2.03. The van der Waals surface area contributed by atoms with Gasteiger partial charge in [-0.3, -0.25) is 4.68 Å². The minimum atomic E-state index is -0.675. The van der Waals surface area contributed by atoms with Crippen LogP contribution in [-0.2, 0) is 6.54 Å². The predicted octanol–water partition coefficient (Wildman–Crippen LogP) is 3.90. The Kier molecular flexibility index (Phi) is 4.59. The fourth-order valence-corrected chi connectivity index (χ4v) is 2.70. The van der Waals surface area contributed by atoms with Gasteiger partial charge in [0.15, 0.2) is 0 Å². The second kappa shape index (κ2) is 5.99. The van der Waals surface area contributed by atoms with Crippen molar-refractivity contribution in [2.45, 2.75) is 26.0 Å². The van der Waals surface area contributed by atoms with Crippen molar-refractivity contribution in [1.82, 2.24) is 9.78 Å². The molecule has 0 saturated carbocycles. The van der Waals surface area contributed by atoms with Crippen LogP contribution in [0.1, 0.15) is 30.7 Å². The molecule has 0 radical (unpaired) electrons. The van der Waals surface area contributed by atoms with Crippen molar-refractivity contribution in [2.75, 3.05) is 0 Å². The molecule has 2 rings (SSSR count). The van der Waals surface area contributed by atoms with Crippen LogP contribution in [0.4, 0.5) is 0 Å². The molecule has 0 spiro atoms. The Balaban J connectivity index is 2.38. The zero-order valence-electron chi connectivity index (χ0n) is 9.98. The number of aromatic nitrogens is 2. The average Bonchev–Trinajstić information content (AvgIpc) is 2.80. The third-order valence-electron chi connectivity index (χ3n) is 2.72. The standard InChI is InChI=1S/C13H14Br2N2O/c1-2-7-17-12(5-6-16-17)13(18)10-8-9(14)3-4-11(10)15/h3-6,8,13,18H,2,7H2,1H3. The van der Waals surface area contributed by atoms with Crippen LogP contribution in [0.25, 0.3) is 0 Å². The van der Waals surface area contributed by atoms with Crippen molar-refractivity contribution < 1.29 is 5.11 Å². The van der Waals surface area contributed by atoms with Gasteiger partial charge in [-0.1, -0.05) is 38.8 Å². The third kappa shape index (κ3) is 2.84. The highest BCUT2D eigenvalue weighted by molar-refractivity contribution is 9.11. The van der Waals surface area contributed by atoms with Gasteiger partial charge >= 0.3 is 0 Å². The van der Waals surface area contributed by atoms with E-state index >= 15 is 0 Å². The molecule has 1 heterocycles. The van der Waals surface area contributed by atoms with E-state index in [9.17, 15) is 5.11 Å². The van der Waals surface area contributed by atoms with E-state index in [1.165, 1.54) is 0 Å². The number of aliphatic hydroxyl groups is 1. The number of nitrogens with zero attached hydrogens (tertiary/aromatic N) is 2. The zero-order chi connectivity index (χ0) is 13.1. The van der Waals surface area contributed by atoms with Gasteiger partial charge in [0.05, 0.1) is 5.69 Å². The fraction of sp³-hybridized carbons (Fsp3) is 0.308. The molecular weight excluding hydrogens is 360 g/mol. The van der Waals surface area contributed by atoms with Gasteiger partial charge in [-0.05, 0) is 30.7 Å². The Bertz CT molecular complexity index is 540. The Morgan fingerprint density at radius 2 is 2.11 bits per heavy atom. The zero-order valence-corrected chi connectivity index (χ0v) is 13.1. The number of benzene rings is 1. The van der Waals surface area contributed by atoms with Gasteiger partial charge in [-0.2, -0.15) is 5.10 Å². The van der Waals surface area contributed by atoms with Gasteiger partial charge in [0, 0.05) is 27.3 Å². The number of halogens is 2. The molecule has 1 atom stereocenters. The van der Waals surface area contributed by atoms with E-state index in [2.05, 4.69) is 43.9 Å². The minimum absolute atomic E-state index is 0.675. The van der Waals surface area contributed by atoms with Crippen LogP contribution in [-0.4, -0.2) is 14.9 Å². The SMILES string of the molecule is CCCn1nccc1C(O)c1cc(Br)ccc1Br. The lowest BCUT2D eigenvalue weighted by molar-refractivity contribution is 0.206. The second-order valence-electron chi connectivity index (χ2n) is 4.05. The van der Waals surface area contributed by atoms with Crippen LogP contribution < -0.4 is 0 Å². The molecule has 1 unspecified atom stereocenters. The molecule has 3 nitrogen and oxygen atoms in total. The molecule has 2 aromatic rings. The molecule has 18 heavy (non-hydrogen) atoms. The molecule has 0 aliphatic carbocycles. The molecular formula is C13H14Br2N2O. The molecule has 1 N–H and O–H groups in total. The summed E-state index contributed by atoms with van der Waals surface area (Å²) in [7, 11) is 0. The molecule has 0 bridgehead atoms. The summed E-state index contributed by atoms with van der Waals surface area (Å²) in [5, 5.41) is 14.7. The largest absolute Gasteiger partial charge is 0.382 e. The number of aryl methyl sites for hydroxylation is 1. The Morgan fingerprint density at radius 3 is 2.83 bits per heavy atom. The molecule has 0 aliphatic rings. The summed E-state index contributed by atoms with van der Waals surface area (Å²) in [5.41, 5.74) is 1.65. The van der Waals surface area contributed by atoms with Gasteiger partial charge in [0.2, 0.25) is 0 Å². The van der Waals surface area contributed by atoms with E-state index in [1.54, 1.807) is 6.20 Å². The molecule has 0 amide bonds. The first-order valence-electron chi connectivity index (χ1n) is 5.78. The molecule has 0 saturated heterocycles. The number of rotatable bonds is 4. The quantitative estimate of drug-likeness (QED) is 0.882. The van der Waals surface area contributed by atoms with Crippen LogP contribution in [0, 0.1) is 0 Å². The lowest BCUT2D eigenvalue weighted by Crippen LogP contribution is -2.10. The highest BCUT2D eigenvalue weighted by Crippen LogP contribution is 2.30. The second-order valence-corrected chi connectivity index (χ2v) is 5.82. The van der Waals surface area contributed by atoms with E-state index in [0.29, 0.717) is 0 Å². The number of aliphatic hydroxyl groups excluding tert-OH is 1. The summed E-state index contributed by atoms with van der Waals surface area (Å²) in [6.45, 7) is 2.90. The monoisotopic (exact) mass is 372 g/mol. The van der Waals surface area contributed by atoms with Gasteiger partial charge in [-0.15, -0.1) is 0 Å². The lowest BCUT2D eigenvalue weighted by atomic mass is 10.1. The highest BCUT2D eigenvalue weighted by atomic mass is 79.9. The molecule has 0 aliphatic heterocycles. The Hall–Kier alpha value is -0.650. The van der Waals surface area contributed by atoms with Crippen molar-refractivity contribution >= 4 is 31.9 Å². The van der Waals surface area contributed by atoms with Crippen LogP contribution in [0.3, 0.4) is 0 Å². The topological polar surface area (TPSA) is 38.0 Å². The molecule has 5 heteroatoms. The molecule has 0 fully saturated rings. The summed E-state index contributed by atoms with van der Waals surface area (Å²) < 4.78 is 3.68. The van der Waals surface area contributed by atoms with Crippen molar-refractivity contribution in [3.8, 4) is 0 Å². The van der Waals surface area contributed by atoms with Gasteiger partial charge in [-0.25, -0.2) is 0 Å². The number of hydrogen-bond donors (Lipinski definition) is 1. The van der Waals surface area contributed by atoms with E-state index < -0.39 is 6.10 Å². The Labute approximate surface area is 123 Å². The maximum atomic E-state index is 10.5. The van der Waals surface area contributed by atoms with Gasteiger partial charge in [0.25, 0.3) is 0 Å². The maximum absolute atomic E-state index is 10.5. The van der Waals surface area contributed by atoms with Crippen LogP contribution in [0.5, 0.6) is 0 Å². The minimum Gasteiger partial charge on any atom is -0.382 e. The molecule has 1 aromatic heterocycles. The van der Waals surface area contributed by atoms with Crippen molar-refractivity contribution in [1.29, 1.82) is 0 Å². The van der Waals surface area contributed by atoms with E-state index in [1.807, 2.05) is 28.9 Å². The average molecular weight is 374 g/mol.